The van der Waals surface area contributed by atoms with Gasteiger partial charge in [0, 0.05) is 25.9 Å². The zero-order valence-electron chi connectivity index (χ0n) is 12.4. The Morgan fingerprint density at radius 2 is 2.22 bits per heavy atom. The molecule has 0 aliphatic rings. The molecular formula is C14H27N3O. The second-order valence-corrected chi connectivity index (χ2v) is 5.00. The molecule has 18 heavy (non-hydrogen) atoms. The van der Waals surface area contributed by atoms with Crippen LogP contribution in [0.5, 0.6) is 0 Å². The second-order valence-electron chi connectivity index (χ2n) is 5.00. The zero-order chi connectivity index (χ0) is 13.6. The molecule has 4 nitrogen and oxygen atoms in total. The van der Waals surface area contributed by atoms with Crippen molar-refractivity contribution in [2.24, 2.45) is 7.05 Å². The van der Waals surface area contributed by atoms with E-state index in [4.69, 9.17) is 4.74 Å². The Morgan fingerprint density at radius 3 is 2.67 bits per heavy atom. The van der Waals surface area contributed by atoms with E-state index >= 15 is 0 Å². The Balaban J connectivity index is 2.60. The lowest BCUT2D eigenvalue weighted by atomic mass is 9.89. The number of hydrogen-bond acceptors (Lipinski definition) is 3. The van der Waals surface area contributed by atoms with Gasteiger partial charge in [-0.15, -0.1) is 0 Å². The highest BCUT2D eigenvalue weighted by Gasteiger charge is 2.31. The van der Waals surface area contributed by atoms with Gasteiger partial charge in [-0.05, 0) is 45.7 Å². The van der Waals surface area contributed by atoms with Crippen molar-refractivity contribution < 1.29 is 4.74 Å². The van der Waals surface area contributed by atoms with Crippen molar-refractivity contribution in [1.29, 1.82) is 0 Å². The number of rotatable bonds is 8. The van der Waals surface area contributed by atoms with Crippen molar-refractivity contribution in [3.8, 4) is 0 Å². The molecule has 0 fully saturated rings. The van der Waals surface area contributed by atoms with E-state index in [1.165, 1.54) is 5.56 Å². The van der Waals surface area contributed by atoms with Crippen LogP contribution >= 0.6 is 0 Å². The first-order valence-electron chi connectivity index (χ1n) is 6.84. The number of likely N-dealkylation sites (N-methyl/N-ethyl adjacent to an activating group) is 1. The molecule has 0 bridgehead atoms. The van der Waals surface area contributed by atoms with Gasteiger partial charge < -0.3 is 10.1 Å². The number of nitrogens with zero attached hydrogens (tertiary/aromatic N) is 2. The molecule has 0 saturated heterocycles. The minimum Gasteiger partial charge on any atom is -0.374 e. The summed E-state index contributed by atoms with van der Waals surface area (Å²) in [6.07, 6.45) is 7.13. The van der Waals surface area contributed by atoms with E-state index in [1.54, 1.807) is 0 Å². The van der Waals surface area contributed by atoms with E-state index in [0.717, 1.165) is 25.9 Å². The molecule has 0 saturated carbocycles. The van der Waals surface area contributed by atoms with Crippen molar-refractivity contribution in [2.45, 2.75) is 51.7 Å². The lowest BCUT2D eigenvalue weighted by molar-refractivity contribution is -0.0552. The fourth-order valence-electron chi connectivity index (χ4n) is 2.45. The Hall–Kier alpha value is -0.870. The number of aromatic nitrogens is 2. The van der Waals surface area contributed by atoms with Crippen LogP contribution in [0.15, 0.2) is 12.4 Å². The molecule has 1 aromatic heterocycles. The highest BCUT2D eigenvalue weighted by Crippen LogP contribution is 2.23. The van der Waals surface area contributed by atoms with Crippen molar-refractivity contribution >= 4 is 0 Å². The highest BCUT2D eigenvalue weighted by molar-refractivity contribution is 5.05. The van der Waals surface area contributed by atoms with Crippen LogP contribution < -0.4 is 5.32 Å². The van der Waals surface area contributed by atoms with E-state index in [0.29, 0.717) is 6.04 Å². The summed E-state index contributed by atoms with van der Waals surface area (Å²) in [6, 6.07) is 0.364. The number of aryl methyl sites for hydroxylation is 2. The summed E-state index contributed by atoms with van der Waals surface area (Å²) < 4.78 is 7.79. The van der Waals surface area contributed by atoms with Gasteiger partial charge >= 0.3 is 0 Å². The summed E-state index contributed by atoms with van der Waals surface area (Å²) in [5, 5.41) is 7.61. The lowest BCUT2D eigenvalue weighted by Crippen LogP contribution is -2.49. The molecule has 4 heteroatoms. The maximum Gasteiger partial charge on any atom is 0.0804 e. The maximum absolute atomic E-state index is 5.94. The van der Waals surface area contributed by atoms with Crippen molar-refractivity contribution in [2.75, 3.05) is 13.7 Å². The van der Waals surface area contributed by atoms with Gasteiger partial charge in [0.25, 0.3) is 0 Å². The zero-order valence-corrected chi connectivity index (χ0v) is 12.4. The van der Waals surface area contributed by atoms with Gasteiger partial charge in [-0.3, -0.25) is 4.68 Å². The van der Waals surface area contributed by atoms with Crippen molar-refractivity contribution in [3.63, 3.8) is 0 Å². The average molecular weight is 253 g/mol. The first-order valence-corrected chi connectivity index (χ1v) is 6.84. The van der Waals surface area contributed by atoms with Gasteiger partial charge in [0.15, 0.2) is 0 Å². The number of ether oxygens (including phenoxy) is 1. The van der Waals surface area contributed by atoms with Crippen LogP contribution in [0.1, 0.15) is 39.2 Å². The van der Waals surface area contributed by atoms with Crippen LogP contribution in [0.2, 0.25) is 0 Å². The molecule has 104 valence electrons. The summed E-state index contributed by atoms with van der Waals surface area (Å²) in [6.45, 7) is 7.20. The minimum absolute atomic E-state index is 0.0916. The Labute approximate surface area is 111 Å². The third-order valence-electron chi connectivity index (χ3n) is 3.74. The summed E-state index contributed by atoms with van der Waals surface area (Å²) in [7, 11) is 3.97. The third kappa shape index (κ3) is 3.82. The SMILES string of the molecule is CCOC(C)(CC)C(CCc1cnn(C)c1)NC. The molecule has 1 heterocycles. The van der Waals surface area contributed by atoms with Crippen molar-refractivity contribution in [1.82, 2.24) is 15.1 Å². The largest absolute Gasteiger partial charge is 0.374 e. The fourth-order valence-corrected chi connectivity index (χ4v) is 2.45. The maximum atomic E-state index is 5.94. The molecule has 1 rings (SSSR count). The van der Waals surface area contributed by atoms with E-state index in [2.05, 4.69) is 37.4 Å². The Bertz CT molecular complexity index is 351. The summed E-state index contributed by atoms with van der Waals surface area (Å²) in [5.41, 5.74) is 1.19. The Kier molecular flexibility index (Phi) is 5.82. The normalized spacial score (nSPS) is 16.5. The first kappa shape index (κ1) is 15.2. The molecule has 0 aliphatic carbocycles. The molecule has 0 radical (unpaired) electrons. The monoisotopic (exact) mass is 253 g/mol. The molecule has 0 aromatic carbocycles. The van der Waals surface area contributed by atoms with Crippen LogP contribution in [-0.4, -0.2) is 35.1 Å². The van der Waals surface area contributed by atoms with Gasteiger partial charge in [-0.1, -0.05) is 6.92 Å². The predicted molar refractivity (Wildman–Crippen MR) is 74.7 cm³/mol. The van der Waals surface area contributed by atoms with Gasteiger partial charge in [0.1, 0.15) is 0 Å². The molecule has 2 atom stereocenters. The predicted octanol–water partition coefficient (Wildman–Crippen LogP) is 2.15. The molecule has 0 amide bonds. The van der Waals surface area contributed by atoms with E-state index in [1.807, 2.05) is 25.0 Å². The van der Waals surface area contributed by atoms with E-state index in [-0.39, 0.29) is 5.60 Å². The second kappa shape index (κ2) is 6.90. The molecule has 1 aromatic rings. The van der Waals surface area contributed by atoms with Crippen LogP contribution in [0.3, 0.4) is 0 Å². The molecular weight excluding hydrogens is 226 g/mol. The number of nitrogens with one attached hydrogen (secondary N) is 1. The lowest BCUT2D eigenvalue weighted by Gasteiger charge is -2.36. The first-order chi connectivity index (χ1) is 8.55. The van der Waals surface area contributed by atoms with Crippen molar-refractivity contribution in [3.05, 3.63) is 18.0 Å². The van der Waals surface area contributed by atoms with Crippen LogP contribution in [-0.2, 0) is 18.2 Å². The van der Waals surface area contributed by atoms with Crippen LogP contribution in [0, 0.1) is 0 Å². The summed E-state index contributed by atoms with van der Waals surface area (Å²) >= 11 is 0. The molecule has 0 aliphatic heterocycles. The average Bonchev–Trinajstić information content (AvgIpc) is 2.76. The molecule has 0 spiro atoms. The van der Waals surface area contributed by atoms with Gasteiger partial charge in [0.2, 0.25) is 0 Å². The highest BCUT2D eigenvalue weighted by atomic mass is 16.5. The fraction of sp³-hybridized carbons (Fsp3) is 0.786. The molecule has 1 N–H and O–H groups in total. The topological polar surface area (TPSA) is 39.1 Å². The Morgan fingerprint density at radius 1 is 1.50 bits per heavy atom. The minimum atomic E-state index is -0.0916. The summed E-state index contributed by atoms with van der Waals surface area (Å²) in [4.78, 5) is 0. The van der Waals surface area contributed by atoms with Gasteiger partial charge in [-0.25, -0.2) is 0 Å². The quantitative estimate of drug-likeness (QED) is 0.771. The third-order valence-corrected chi connectivity index (χ3v) is 3.74. The van der Waals surface area contributed by atoms with Crippen LogP contribution in [0.4, 0.5) is 0 Å². The summed E-state index contributed by atoms with van der Waals surface area (Å²) in [5.74, 6) is 0. The smallest absolute Gasteiger partial charge is 0.0804 e. The van der Waals surface area contributed by atoms with Gasteiger partial charge in [0.05, 0.1) is 11.8 Å². The van der Waals surface area contributed by atoms with E-state index in [9.17, 15) is 0 Å². The number of hydrogen-bond donors (Lipinski definition) is 1. The van der Waals surface area contributed by atoms with Gasteiger partial charge in [-0.2, -0.15) is 5.10 Å². The standard InChI is InChI=1S/C14H27N3O/c1-6-14(3,18-7-2)13(15-4)9-8-12-10-16-17(5)11-12/h10-11,13,15H,6-9H2,1-5H3. The van der Waals surface area contributed by atoms with E-state index < -0.39 is 0 Å². The van der Waals surface area contributed by atoms with Crippen LogP contribution in [0.25, 0.3) is 0 Å². The molecule has 2 unspecified atom stereocenters.